The molecule has 0 saturated carbocycles. The van der Waals surface area contributed by atoms with Gasteiger partial charge in [0.25, 0.3) is 0 Å². The van der Waals surface area contributed by atoms with Crippen LogP contribution in [0.1, 0.15) is 5.56 Å². The smallest absolute Gasteiger partial charge is 0.158 e. The predicted molar refractivity (Wildman–Crippen MR) is 56.9 cm³/mol. The number of halogens is 2. The van der Waals surface area contributed by atoms with Crippen LogP contribution in [0.2, 0.25) is 10.3 Å². The minimum atomic E-state index is 0.405. The molecule has 14 heavy (non-hydrogen) atoms. The van der Waals surface area contributed by atoms with E-state index in [1.54, 1.807) is 22.9 Å². The van der Waals surface area contributed by atoms with Crippen LogP contribution in [0.25, 0.3) is 5.65 Å². The van der Waals surface area contributed by atoms with Gasteiger partial charge in [0.2, 0.25) is 0 Å². The summed E-state index contributed by atoms with van der Waals surface area (Å²) >= 11 is 12.1. The maximum absolute atomic E-state index is 6.10. The van der Waals surface area contributed by atoms with Crippen LogP contribution in [0.5, 0.6) is 0 Å². The first kappa shape index (κ1) is 9.49. The summed E-state index contributed by atoms with van der Waals surface area (Å²) in [5.41, 5.74) is 1.40. The molecule has 0 aromatic carbocycles. The minimum absolute atomic E-state index is 0.405. The standard InChI is InChI=1S/C9H7Cl2N3/c1-2-3-6-8(10)13-7-4-5-12-14(7)9(6)11/h2,4-5H,1,3H2. The van der Waals surface area contributed by atoms with E-state index in [2.05, 4.69) is 16.7 Å². The Bertz CT molecular complexity index is 490. The largest absolute Gasteiger partial charge is 0.216 e. The van der Waals surface area contributed by atoms with Crippen LogP contribution in [0, 0.1) is 0 Å². The van der Waals surface area contributed by atoms with E-state index in [9.17, 15) is 0 Å². The van der Waals surface area contributed by atoms with E-state index in [1.165, 1.54) is 0 Å². The van der Waals surface area contributed by atoms with Crippen LogP contribution in [-0.4, -0.2) is 14.6 Å². The van der Waals surface area contributed by atoms with Gasteiger partial charge in [-0.3, -0.25) is 0 Å². The molecule has 0 aliphatic heterocycles. The highest BCUT2D eigenvalue weighted by Crippen LogP contribution is 2.24. The minimum Gasteiger partial charge on any atom is -0.216 e. The van der Waals surface area contributed by atoms with Gasteiger partial charge >= 0.3 is 0 Å². The number of fused-ring (bicyclic) bond motifs is 1. The van der Waals surface area contributed by atoms with E-state index in [1.807, 2.05) is 0 Å². The summed E-state index contributed by atoms with van der Waals surface area (Å²) < 4.78 is 1.55. The van der Waals surface area contributed by atoms with Crippen molar-refractivity contribution in [2.45, 2.75) is 6.42 Å². The summed E-state index contributed by atoms with van der Waals surface area (Å²) in [5, 5.41) is 4.93. The number of aromatic nitrogens is 3. The van der Waals surface area contributed by atoms with Crippen molar-refractivity contribution in [2.75, 3.05) is 0 Å². The molecular weight excluding hydrogens is 221 g/mol. The molecule has 0 atom stereocenters. The number of hydrogen-bond acceptors (Lipinski definition) is 2. The van der Waals surface area contributed by atoms with Gasteiger partial charge in [-0.25, -0.2) is 9.50 Å². The molecule has 0 aliphatic carbocycles. The normalized spacial score (nSPS) is 10.7. The molecule has 0 saturated heterocycles. The summed E-state index contributed by atoms with van der Waals surface area (Å²) in [4.78, 5) is 4.15. The van der Waals surface area contributed by atoms with Crippen LogP contribution < -0.4 is 0 Å². The Kier molecular flexibility index (Phi) is 2.44. The van der Waals surface area contributed by atoms with Gasteiger partial charge in [0.1, 0.15) is 10.3 Å². The molecule has 2 heterocycles. The molecule has 0 fully saturated rings. The molecule has 2 aromatic rings. The highest BCUT2D eigenvalue weighted by Gasteiger charge is 2.11. The van der Waals surface area contributed by atoms with Crippen LogP contribution >= 0.6 is 23.2 Å². The SMILES string of the molecule is C=CCc1c(Cl)nc2ccnn2c1Cl. The fourth-order valence-electron chi connectivity index (χ4n) is 1.23. The molecule has 0 aliphatic rings. The molecule has 2 rings (SSSR count). The highest BCUT2D eigenvalue weighted by molar-refractivity contribution is 6.34. The third-order valence-corrected chi connectivity index (χ3v) is 2.57. The summed E-state index contributed by atoms with van der Waals surface area (Å²) in [6.45, 7) is 3.63. The van der Waals surface area contributed by atoms with Gasteiger partial charge in [-0.15, -0.1) is 6.58 Å². The van der Waals surface area contributed by atoms with Gasteiger partial charge in [0.05, 0.1) is 6.20 Å². The molecule has 2 aromatic heterocycles. The second-order valence-electron chi connectivity index (χ2n) is 2.77. The van der Waals surface area contributed by atoms with Gasteiger partial charge in [-0.05, 0) is 6.42 Å². The van der Waals surface area contributed by atoms with Crippen molar-refractivity contribution in [2.24, 2.45) is 0 Å². The first-order valence-electron chi connectivity index (χ1n) is 4.02. The van der Waals surface area contributed by atoms with Gasteiger partial charge in [0, 0.05) is 11.6 Å². The quantitative estimate of drug-likeness (QED) is 0.584. The Morgan fingerprint density at radius 3 is 3.00 bits per heavy atom. The Balaban J connectivity index is 2.75. The van der Waals surface area contributed by atoms with Gasteiger partial charge in [-0.2, -0.15) is 5.10 Å². The van der Waals surface area contributed by atoms with Gasteiger partial charge in [0.15, 0.2) is 5.65 Å². The summed E-state index contributed by atoms with van der Waals surface area (Å²) in [7, 11) is 0. The average molecular weight is 228 g/mol. The van der Waals surface area contributed by atoms with Crippen molar-refractivity contribution in [3.63, 3.8) is 0 Å². The van der Waals surface area contributed by atoms with Crippen molar-refractivity contribution < 1.29 is 0 Å². The molecule has 0 N–H and O–H groups in total. The van der Waals surface area contributed by atoms with E-state index in [-0.39, 0.29) is 0 Å². The van der Waals surface area contributed by atoms with Crippen molar-refractivity contribution in [3.05, 3.63) is 40.8 Å². The molecule has 5 heteroatoms. The lowest BCUT2D eigenvalue weighted by molar-refractivity contribution is 0.921. The Morgan fingerprint density at radius 1 is 1.50 bits per heavy atom. The Hall–Kier alpha value is -1.06. The average Bonchev–Trinajstić information content (AvgIpc) is 2.60. The maximum atomic E-state index is 6.10. The van der Waals surface area contributed by atoms with E-state index in [0.717, 1.165) is 5.56 Å². The highest BCUT2D eigenvalue weighted by atomic mass is 35.5. The molecule has 0 amide bonds. The fraction of sp³-hybridized carbons (Fsp3) is 0.111. The molecule has 0 spiro atoms. The lowest BCUT2D eigenvalue weighted by Crippen LogP contribution is -1.98. The van der Waals surface area contributed by atoms with E-state index in [0.29, 0.717) is 22.4 Å². The number of hydrogen-bond donors (Lipinski definition) is 0. The maximum Gasteiger partial charge on any atom is 0.158 e. The first-order chi connectivity index (χ1) is 6.74. The number of allylic oxidation sites excluding steroid dienone is 1. The summed E-state index contributed by atoms with van der Waals surface area (Å²) in [5.74, 6) is 0. The van der Waals surface area contributed by atoms with E-state index in [4.69, 9.17) is 23.2 Å². The van der Waals surface area contributed by atoms with Crippen molar-refractivity contribution in [1.82, 2.24) is 14.6 Å². The van der Waals surface area contributed by atoms with Crippen LogP contribution in [0.4, 0.5) is 0 Å². The van der Waals surface area contributed by atoms with E-state index >= 15 is 0 Å². The summed E-state index contributed by atoms with van der Waals surface area (Å²) in [6, 6.07) is 1.75. The Labute approximate surface area is 91.0 Å². The lowest BCUT2D eigenvalue weighted by Gasteiger charge is -2.05. The van der Waals surface area contributed by atoms with Crippen LogP contribution in [-0.2, 0) is 6.42 Å². The first-order valence-corrected chi connectivity index (χ1v) is 4.78. The second kappa shape index (κ2) is 3.59. The molecule has 3 nitrogen and oxygen atoms in total. The monoisotopic (exact) mass is 227 g/mol. The zero-order valence-electron chi connectivity index (χ0n) is 7.24. The van der Waals surface area contributed by atoms with Crippen molar-refractivity contribution >= 4 is 28.8 Å². The molecular formula is C9H7Cl2N3. The molecule has 72 valence electrons. The molecule has 0 unspecified atom stereocenters. The molecule has 0 radical (unpaired) electrons. The second-order valence-corrected chi connectivity index (χ2v) is 3.48. The van der Waals surface area contributed by atoms with Gasteiger partial charge in [-0.1, -0.05) is 29.3 Å². The third-order valence-electron chi connectivity index (χ3n) is 1.87. The predicted octanol–water partition coefficient (Wildman–Crippen LogP) is 2.76. The number of rotatable bonds is 2. The zero-order valence-corrected chi connectivity index (χ0v) is 8.76. The van der Waals surface area contributed by atoms with Crippen molar-refractivity contribution in [1.29, 1.82) is 0 Å². The third kappa shape index (κ3) is 1.38. The van der Waals surface area contributed by atoms with Crippen LogP contribution in [0.15, 0.2) is 24.9 Å². The topological polar surface area (TPSA) is 30.2 Å². The van der Waals surface area contributed by atoms with Gasteiger partial charge < -0.3 is 0 Å². The number of nitrogens with zero attached hydrogens (tertiary/aromatic N) is 3. The fourth-order valence-corrected chi connectivity index (χ4v) is 1.82. The van der Waals surface area contributed by atoms with Crippen LogP contribution in [0.3, 0.4) is 0 Å². The lowest BCUT2D eigenvalue weighted by atomic mass is 10.2. The molecule has 0 bridgehead atoms. The van der Waals surface area contributed by atoms with Crippen molar-refractivity contribution in [3.8, 4) is 0 Å². The Morgan fingerprint density at radius 2 is 2.29 bits per heavy atom. The van der Waals surface area contributed by atoms with E-state index < -0.39 is 0 Å². The zero-order chi connectivity index (χ0) is 10.1. The summed E-state index contributed by atoms with van der Waals surface area (Å²) in [6.07, 6.45) is 3.94.